The van der Waals surface area contributed by atoms with Gasteiger partial charge in [-0.1, -0.05) is 35.9 Å². The standard InChI is InChI=1S/C16H17NO3/c1-11-6-8-12(9-7-11)10-20-15-13(16(17)18)4-3-5-14(15)19-2/h3-9H,10H2,1-2H3,(H2,17,18). The quantitative estimate of drug-likeness (QED) is 0.909. The van der Waals surface area contributed by atoms with Crippen LogP contribution in [0.25, 0.3) is 0 Å². The highest BCUT2D eigenvalue weighted by Crippen LogP contribution is 2.31. The number of nitrogens with two attached hydrogens (primary N) is 1. The molecule has 0 aliphatic rings. The highest BCUT2D eigenvalue weighted by molar-refractivity contribution is 5.96. The zero-order valence-corrected chi connectivity index (χ0v) is 11.6. The molecule has 0 unspecified atom stereocenters. The Bertz CT molecular complexity index is 606. The van der Waals surface area contributed by atoms with Gasteiger partial charge in [0.15, 0.2) is 11.5 Å². The molecule has 2 rings (SSSR count). The summed E-state index contributed by atoms with van der Waals surface area (Å²) in [6.45, 7) is 2.37. The van der Waals surface area contributed by atoms with Gasteiger partial charge in [0.2, 0.25) is 0 Å². The lowest BCUT2D eigenvalue weighted by Crippen LogP contribution is -2.13. The van der Waals surface area contributed by atoms with E-state index in [1.807, 2.05) is 31.2 Å². The minimum Gasteiger partial charge on any atom is -0.493 e. The molecule has 0 aliphatic heterocycles. The van der Waals surface area contributed by atoms with Crippen molar-refractivity contribution in [3.05, 3.63) is 59.2 Å². The smallest absolute Gasteiger partial charge is 0.252 e. The second-order valence-electron chi connectivity index (χ2n) is 4.48. The van der Waals surface area contributed by atoms with E-state index in [0.717, 1.165) is 5.56 Å². The fourth-order valence-electron chi connectivity index (χ4n) is 1.86. The average molecular weight is 271 g/mol. The normalized spacial score (nSPS) is 10.1. The second kappa shape index (κ2) is 6.10. The number of hydrogen-bond acceptors (Lipinski definition) is 3. The minimum atomic E-state index is -0.539. The van der Waals surface area contributed by atoms with Crippen LogP contribution in [0.1, 0.15) is 21.5 Å². The third kappa shape index (κ3) is 3.09. The Morgan fingerprint density at radius 1 is 1.15 bits per heavy atom. The predicted octanol–water partition coefficient (Wildman–Crippen LogP) is 2.68. The van der Waals surface area contributed by atoms with Crippen molar-refractivity contribution >= 4 is 5.91 Å². The molecule has 0 spiro atoms. The molecule has 0 fully saturated rings. The first kappa shape index (κ1) is 13.9. The van der Waals surface area contributed by atoms with E-state index in [-0.39, 0.29) is 0 Å². The number of carbonyl (C=O) groups is 1. The number of rotatable bonds is 5. The highest BCUT2D eigenvalue weighted by Gasteiger charge is 2.14. The maximum Gasteiger partial charge on any atom is 0.252 e. The summed E-state index contributed by atoms with van der Waals surface area (Å²) in [4.78, 5) is 11.4. The Morgan fingerprint density at radius 3 is 2.45 bits per heavy atom. The lowest BCUT2D eigenvalue weighted by atomic mass is 10.1. The molecule has 0 radical (unpaired) electrons. The zero-order valence-electron chi connectivity index (χ0n) is 11.6. The topological polar surface area (TPSA) is 61.5 Å². The number of ether oxygens (including phenoxy) is 2. The lowest BCUT2D eigenvalue weighted by molar-refractivity contribution is 0.0995. The Hall–Kier alpha value is -2.49. The van der Waals surface area contributed by atoms with Gasteiger partial charge in [-0.2, -0.15) is 0 Å². The molecular formula is C16H17NO3. The summed E-state index contributed by atoms with van der Waals surface area (Å²) in [5, 5.41) is 0. The predicted molar refractivity (Wildman–Crippen MR) is 77.0 cm³/mol. The average Bonchev–Trinajstić information content (AvgIpc) is 2.46. The van der Waals surface area contributed by atoms with Crippen LogP contribution in [-0.2, 0) is 6.61 Å². The van der Waals surface area contributed by atoms with E-state index in [9.17, 15) is 4.79 Å². The van der Waals surface area contributed by atoms with Crippen molar-refractivity contribution in [2.24, 2.45) is 5.73 Å². The van der Waals surface area contributed by atoms with Crippen LogP contribution in [0.2, 0.25) is 0 Å². The molecule has 0 saturated heterocycles. The van der Waals surface area contributed by atoms with Gasteiger partial charge in [-0.3, -0.25) is 4.79 Å². The summed E-state index contributed by atoms with van der Waals surface area (Å²) >= 11 is 0. The maximum absolute atomic E-state index is 11.4. The summed E-state index contributed by atoms with van der Waals surface area (Å²) in [6.07, 6.45) is 0. The molecule has 0 aliphatic carbocycles. The van der Waals surface area contributed by atoms with Gasteiger partial charge in [0.25, 0.3) is 5.91 Å². The van der Waals surface area contributed by atoms with Crippen LogP contribution in [0.5, 0.6) is 11.5 Å². The Balaban J connectivity index is 2.23. The summed E-state index contributed by atoms with van der Waals surface area (Å²) in [6, 6.07) is 13.0. The monoisotopic (exact) mass is 271 g/mol. The molecule has 0 bridgehead atoms. The number of amides is 1. The summed E-state index contributed by atoms with van der Waals surface area (Å²) < 4.78 is 10.9. The first-order valence-corrected chi connectivity index (χ1v) is 6.27. The Kier molecular flexibility index (Phi) is 4.25. The third-order valence-corrected chi connectivity index (χ3v) is 2.97. The van der Waals surface area contributed by atoms with Crippen LogP contribution in [-0.4, -0.2) is 13.0 Å². The molecule has 2 aromatic rings. The first-order chi connectivity index (χ1) is 9.61. The van der Waals surface area contributed by atoms with Crippen molar-refractivity contribution < 1.29 is 14.3 Å². The summed E-state index contributed by atoms with van der Waals surface area (Å²) in [7, 11) is 1.53. The van der Waals surface area contributed by atoms with Gasteiger partial charge in [0.05, 0.1) is 12.7 Å². The van der Waals surface area contributed by atoms with Crippen LogP contribution in [0.3, 0.4) is 0 Å². The van der Waals surface area contributed by atoms with Crippen molar-refractivity contribution in [3.8, 4) is 11.5 Å². The van der Waals surface area contributed by atoms with E-state index < -0.39 is 5.91 Å². The molecule has 4 nitrogen and oxygen atoms in total. The van der Waals surface area contributed by atoms with E-state index >= 15 is 0 Å². The van der Waals surface area contributed by atoms with Crippen molar-refractivity contribution in [1.82, 2.24) is 0 Å². The molecule has 104 valence electrons. The van der Waals surface area contributed by atoms with Crippen molar-refractivity contribution in [3.63, 3.8) is 0 Å². The largest absolute Gasteiger partial charge is 0.493 e. The van der Waals surface area contributed by atoms with E-state index in [4.69, 9.17) is 15.2 Å². The number of aryl methyl sites for hydroxylation is 1. The molecule has 0 saturated carbocycles. The molecule has 0 atom stereocenters. The minimum absolute atomic E-state index is 0.316. The molecule has 2 aromatic carbocycles. The van der Waals surface area contributed by atoms with Crippen LogP contribution in [0.4, 0.5) is 0 Å². The van der Waals surface area contributed by atoms with Crippen LogP contribution in [0, 0.1) is 6.92 Å². The van der Waals surface area contributed by atoms with Crippen LogP contribution < -0.4 is 15.2 Å². The fraction of sp³-hybridized carbons (Fsp3) is 0.188. The van der Waals surface area contributed by atoms with E-state index in [1.165, 1.54) is 12.7 Å². The Labute approximate surface area is 118 Å². The molecular weight excluding hydrogens is 254 g/mol. The van der Waals surface area contributed by atoms with Gasteiger partial charge < -0.3 is 15.2 Å². The van der Waals surface area contributed by atoms with Crippen molar-refractivity contribution in [1.29, 1.82) is 0 Å². The van der Waals surface area contributed by atoms with E-state index in [0.29, 0.717) is 23.7 Å². The van der Waals surface area contributed by atoms with Crippen LogP contribution >= 0.6 is 0 Å². The summed E-state index contributed by atoms with van der Waals surface area (Å²) in [5.41, 5.74) is 7.86. The van der Waals surface area contributed by atoms with Crippen molar-refractivity contribution in [2.75, 3.05) is 7.11 Å². The van der Waals surface area contributed by atoms with Gasteiger partial charge in [-0.05, 0) is 24.6 Å². The van der Waals surface area contributed by atoms with Gasteiger partial charge in [-0.25, -0.2) is 0 Å². The Morgan fingerprint density at radius 2 is 1.85 bits per heavy atom. The maximum atomic E-state index is 11.4. The number of para-hydroxylation sites is 1. The van der Waals surface area contributed by atoms with Gasteiger partial charge in [0.1, 0.15) is 6.61 Å². The molecule has 20 heavy (non-hydrogen) atoms. The number of carbonyl (C=O) groups excluding carboxylic acids is 1. The second-order valence-corrected chi connectivity index (χ2v) is 4.48. The number of benzene rings is 2. The SMILES string of the molecule is COc1cccc(C(N)=O)c1OCc1ccc(C)cc1. The third-order valence-electron chi connectivity index (χ3n) is 2.97. The lowest BCUT2D eigenvalue weighted by Gasteiger charge is -2.13. The highest BCUT2D eigenvalue weighted by atomic mass is 16.5. The number of methoxy groups -OCH3 is 1. The van der Waals surface area contributed by atoms with Gasteiger partial charge in [-0.15, -0.1) is 0 Å². The van der Waals surface area contributed by atoms with E-state index in [2.05, 4.69) is 0 Å². The molecule has 0 aromatic heterocycles. The van der Waals surface area contributed by atoms with Crippen molar-refractivity contribution in [2.45, 2.75) is 13.5 Å². The van der Waals surface area contributed by atoms with Gasteiger partial charge in [0, 0.05) is 0 Å². The number of hydrogen-bond donors (Lipinski definition) is 1. The van der Waals surface area contributed by atoms with Gasteiger partial charge >= 0.3 is 0 Å². The first-order valence-electron chi connectivity index (χ1n) is 6.27. The molecule has 1 amide bonds. The van der Waals surface area contributed by atoms with E-state index in [1.54, 1.807) is 18.2 Å². The number of primary amides is 1. The van der Waals surface area contributed by atoms with Crippen LogP contribution in [0.15, 0.2) is 42.5 Å². The molecule has 0 heterocycles. The molecule has 2 N–H and O–H groups in total. The summed E-state index contributed by atoms with van der Waals surface area (Å²) in [5.74, 6) is 0.333. The zero-order chi connectivity index (χ0) is 14.5. The fourth-order valence-corrected chi connectivity index (χ4v) is 1.86. The molecule has 4 heteroatoms.